The molecule has 7 nitrogen and oxygen atoms in total. The molecular formula is C21H23ClN2O5S. The molecule has 0 unspecified atom stereocenters. The van der Waals surface area contributed by atoms with Crippen molar-refractivity contribution < 1.29 is 22.7 Å². The third kappa shape index (κ3) is 5.73. The Kier molecular flexibility index (Phi) is 6.99. The second kappa shape index (κ2) is 9.49. The Labute approximate surface area is 180 Å². The first-order chi connectivity index (χ1) is 14.2. The zero-order valence-corrected chi connectivity index (χ0v) is 18.1. The predicted octanol–water partition coefficient (Wildman–Crippen LogP) is 2.97. The average Bonchev–Trinajstić information content (AvgIpc) is 2.71. The minimum absolute atomic E-state index is 0.0313. The monoisotopic (exact) mass is 450 g/mol. The van der Waals surface area contributed by atoms with Crippen LogP contribution in [-0.4, -0.2) is 38.6 Å². The van der Waals surface area contributed by atoms with Crippen LogP contribution >= 0.6 is 11.6 Å². The molecule has 2 amide bonds. The number of ether oxygens (including phenoxy) is 1. The zero-order valence-electron chi connectivity index (χ0n) is 16.5. The SMILES string of the molecule is C[C@@H](CCc1ccccc1)NC(=O)CCS(=O)(=O)c1cc2c(cc1Cl)NC(=O)CO2. The van der Waals surface area contributed by atoms with Crippen molar-refractivity contribution in [1.82, 2.24) is 5.32 Å². The Hall–Kier alpha value is -2.58. The summed E-state index contributed by atoms with van der Waals surface area (Å²) < 4.78 is 30.6. The van der Waals surface area contributed by atoms with Gasteiger partial charge in [0.1, 0.15) is 5.75 Å². The molecule has 0 saturated heterocycles. The molecule has 0 fully saturated rings. The maximum Gasteiger partial charge on any atom is 0.262 e. The Morgan fingerprint density at radius 2 is 2.00 bits per heavy atom. The molecule has 1 aliphatic rings. The summed E-state index contributed by atoms with van der Waals surface area (Å²) in [5.74, 6) is -0.824. The molecule has 3 rings (SSSR count). The largest absolute Gasteiger partial charge is 0.482 e. The molecule has 0 saturated carbocycles. The predicted molar refractivity (Wildman–Crippen MR) is 115 cm³/mol. The molecule has 1 atom stereocenters. The summed E-state index contributed by atoms with van der Waals surface area (Å²) in [4.78, 5) is 23.5. The number of halogens is 1. The van der Waals surface area contributed by atoms with Crippen LogP contribution in [0.5, 0.6) is 5.75 Å². The van der Waals surface area contributed by atoms with Crippen LogP contribution < -0.4 is 15.4 Å². The van der Waals surface area contributed by atoms with Gasteiger partial charge in [0.05, 0.1) is 21.4 Å². The lowest BCUT2D eigenvalue weighted by molar-refractivity contribution is -0.121. The molecule has 160 valence electrons. The Morgan fingerprint density at radius 1 is 1.27 bits per heavy atom. The van der Waals surface area contributed by atoms with E-state index in [0.717, 1.165) is 12.8 Å². The van der Waals surface area contributed by atoms with Gasteiger partial charge in [0.25, 0.3) is 5.91 Å². The highest BCUT2D eigenvalue weighted by molar-refractivity contribution is 7.91. The molecule has 0 spiro atoms. The van der Waals surface area contributed by atoms with Crippen LogP contribution in [0.1, 0.15) is 25.3 Å². The molecule has 30 heavy (non-hydrogen) atoms. The Balaban J connectivity index is 1.55. The summed E-state index contributed by atoms with van der Waals surface area (Å²) in [5, 5.41) is 5.37. The maximum atomic E-state index is 12.7. The van der Waals surface area contributed by atoms with E-state index in [2.05, 4.69) is 10.6 Å². The number of amides is 2. The van der Waals surface area contributed by atoms with Crippen molar-refractivity contribution in [1.29, 1.82) is 0 Å². The molecule has 0 radical (unpaired) electrons. The first-order valence-corrected chi connectivity index (χ1v) is 11.6. The Morgan fingerprint density at radius 3 is 2.73 bits per heavy atom. The number of nitrogens with one attached hydrogen (secondary N) is 2. The summed E-state index contributed by atoms with van der Waals surface area (Å²) in [6, 6.07) is 12.5. The lowest BCUT2D eigenvalue weighted by atomic mass is 10.1. The van der Waals surface area contributed by atoms with E-state index in [9.17, 15) is 18.0 Å². The lowest BCUT2D eigenvalue weighted by Gasteiger charge is -2.19. The van der Waals surface area contributed by atoms with E-state index in [1.54, 1.807) is 0 Å². The molecule has 1 heterocycles. The summed E-state index contributed by atoms with van der Waals surface area (Å²) in [5.41, 5.74) is 1.50. The first-order valence-electron chi connectivity index (χ1n) is 9.57. The van der Waals surface area contributed by atoms with E-state index in [-0.39, 0.29) is 52.3 Å². The quantitative estimate of drug-likeness (QED) is 0.643. The number of fused-ring (bicyclic) bond motifs is 1. The highest BCUT2D eigenvalue weighted by Gasteiger charge is 2.25. The van der Waals surface area contributed by atoms with Gasteiger partial charge in [0.15, 0.2) is 16.4 Å². The van der Waals surface area contributed by atoms with Crippen molar-refractivity contribution >= 4 is 38.9 Å². The Bertz CT molecular complexity index is 1040. The van der Waals surface area contributed by atoms with Crippen LogP contribution in [0.4, 0.5) is 5.69 Å². The second-order valence-corrected chi connectivity index (χ2v) is 9.66. The first kappa shape index (κ1) is 22.1. The number of hydrogen-bond donors (Lipinski definition) is 2. The summed E-state index contributed by atoms with van der Waals surface area (Å²) in [6.45, 7) is 1.69. The highest BCUT2D eigenvalue weighted by Crippen LogP contribution is 2.36. The van der Waals surface area contributed by atoms with Crippen LogP contribution in [-0.2, 0) is 25.8 Å². The molecule has 0 aliphatic carbocycles. The fraction of sp³-hybridized carbons (Fsp3) is 0.333. The number of aryl methyl sites for hydroxylation is 1. The van der Waals surface area contributed by atoms with Gasteiger partial charge in [-0.1, -0.05) is 41.9 Å². The van der Waals surface area contributed by atoms with Crippen LogP contribution in [0.2, 0.25) is 5.02 Å². The molecule has 0 bridgehead atoms. The van der Waals surface area contributed by atoms with E-state index in [1.165, 1.54) is 17.7 Å². The number of benzene rings is 2. The molecular weight excluding hydrogens is 428 g/mol. The maximum absolute atomic E-state index is 12.7. The van der Waals surface area contributed by atoms with Gasteiger partial charge < -0.3 is 15.4 Å². The fourth-order valence-electron chi connectivity index (χ4n) is 3.10. The van der Waals surface area contributed by atoms with Crippen molar-refractivity contribution in [2.75, 3.05) is 17.7 Å². The fourth-order valence-corrected chi connectivity index (χ4v) is 4.94. The van der Waals surface area contributed by atoms with Crippen molar-refractivity contribution in [2.45, 2.75) is 37.1 Å². The van der Waals surface area contributed by atoms with Gasteiger partial charge in [-0.15, -0.1) is 0 Å². The van der Waals surface area contributed by atoms with Crippen molar-refractivity contribution in [2.24, 2.45) is 0 Å². The smallest absolute Gasteiger partial charge is 0.262 e. The molecule has 0 aromatic heterocycles. The van der Waals surface area contributed by atoms with Crippen LogP contribution in [0.25, 0.3) is 0 Å². The van der Waals surface area contributed by atoms with Gasteiger partial charge in [-0.05, 0) is 31.4 Å². The second-order valence-electron chi connectivity index (χ2n) is 7.18. The number of anilines is 1. The highest BCUT2D eigenvalue weighted by atomic mass is 35.5. The van der Waals surface area contributed by atoms with Crippen LogP contribution in [0.3, 0.4) is 0 Å². The van der Waals surface area contributed by atoms with Gasteiger partial charge >= 0.3 is 0 Å². The minimum atomic E-state index is -3.81. The number of hydrogen-bond acceptors (Lipinski definition) is 5. The van der Waals surface area contributed by atoms with E-state index in [0.29, 0.717) is 5.69 Å². The van der Waals surface area contributed by atoms with Crippen molar-refractivity contribution in [3.63, 3.8) is 0 Å². The van der Waals surface area contributed by atoms with E-state index in [4.69, 9.17) is 16.3 Å². The van der Waals surface area contributed by atoms with Crippen molar-refractivity contribution in [3.8, 4) is 5.75 Å². The summed E-state index contributed by atoms with van der Waals surface area (Å²) in [6.07, 6.45) is 1.40. The molecule has 1 aliphatic heterocycles. The number of carbonyl (C=O) groups is 2. The molecule has 2 aromatic rings. The normalized spacial score (nSPS) is 14.3. The van der Waals surface area contributed by atoms with E-state index >= 15 is 0 Å². The molecule has 2 N–H and O–H groups in total. The standard InChI is InChI=1S/C21H23ClN2O5S/c1-14(7-8-15-5-3-2-4-6-15)23-20(25)9-10-30(27,28)19-12-18-17(11-16(19)22)24-21(26)13-29-18/h2-6,11-12,14H,7-10,13H2,1H3,(H,23,25)(H,24,26)/t14-/m0/s1. The molecule has 9 heteroatoms. The topological polar surface area (TPSA) is 102 Å². The minimum Gasteiger partial charge on any atom is -0.482 e. The van der Waals surface area contributed by atoms with Gasteiger partial charge in [0, 0.05) is 18.5 Å². The molecule has 2 aromatic carbocycles. The van der Waals surface area contributed by atoms with Crippen molar-refractivity contribution in [3.05, 3.63) is 53.1 Å². The zero-order chi connectivity index (χ0) is 21.7. The number of carbonyl (C=O) groups excluding carboxylic acids is 2. The number of sulfone groups is 1. The number of rotatable bonds is 8. The third-order valence-electron chi connectivity index (χ3n) is 4.72. The summed E-state index contributed by atoms with van der Waals surface area (Å²) in [7, 11) is -3.81. The van der Waals surface area contributed by atoms with Gasteiger partial charge in [-0.2, -0.15) is 0 Å². The summed E-state index contributed by atoms with van der Waals surface area (Å²) >= 11 is 6.11. The average molecular weight is 451 g/mol. The van der Waals surface area contributed by atoms with Crippen LogP contribution in [0, 0.1) is 0 Å². The van der Waals surface area contributed by atoms with Gasteiger partial charge in [-0.25, -0.2) is 8.42 Å². The van der Waals surface area contributed by atoms with E-state index in [1.807, 2.05) is 37.3 Å². The lowest BCUT2D eigenvalue weighted by Crippen LogP contribution is -2.34. The van der Waals surface area contributed by atoms with Gasteiger partial charge in [-0.3, -0.25) is 9.59 Å². The van der Waals surface area contributed by atoms with E-state index < -0.39 is 9.84 Å². The van der Waals surface area contributed by atoms with Crippen LogP contribution in [0.15, 0.2) is 47.4 Å². The van der Waals surface area contributed by atoms with Gasteiger partial charge in [0.2, 0.25) is 5.91 Å². The third-order valence-corrected chi connectivity index (χ3v) is 6.89.